The average molecular weight is 441 g/mol. The quantitative estimate of drug-likeness (QED) is 0.286. The van der Waals surface area contributed by atoms with Gasteiger partial charge < -0.3 is 15.4 Å². The van der Waals surface area contributed by atoms with Gasteiger partial charge in [-0.2, -0.15) is 0 Å². The lowest BCUT2D eigenvalue weighted by atomic mass is 9.80. The maximum atomic E-state index is 13.9. The molecular formula is C25H19N3O5. The van der Waals surface area contributed by atoms with E-state index in [4.69, 9.17) is 10.5 Å². The second-order valence-corrected chi connectivity index (χ2v) is 7.96. The van der Waals surface area contributed by atoms with Crippen LogP contribution in [-0.2, 0) is 15.1 Å². The number of benzene rings is 3. The van der Waals surface area contributed by atoms with Gasteiger partial charge >= 0.3 is 0 Å². The largest absolute Gasteiger partial charge is 0.399 e. The second kappa shape index (κ2) is 7.39. The lowest BCUT2D eigenvalue weighted by Crippen LogP contribution is -2.42. The number of carbonyl (C=O) groups is 2. The van der Waals surface area contributed by atoms with E-state index in [1.165, 1.54) is 17.0 Å². The van der Waals surface area contributed by atoms with Gasteiger partial charge in [0.2, 0.25) is 5.60 Å². The van der Waals surface area contributed by atoms with E-state index in [0.717, 1.165) is 0 Å². The van der Waals surface area contributed by atoms with Crippen molar-refractivity contribution in [1.29, 1.82) is 0 Å². The van der Waals surface area contributed by atoms with Gasteiger partial charge in [-0.3, -0.25) is 19.7 Å². The van der Waals surface area contributed by atoms with Gasteiger partial charge in [0.25, 0.3) is 11.6 Å². The summed E-state index contributed by atoms with van der Waals surface area (Å²) in [6, 6.07) is 19.6. The molecule has 5 rings (SSSR count). The van der Waals surface area contributed by atoms with E-state index in [0.29, 0.717) is 33.6 Å². The summed E-state index contributed by atoms with van der Waals surface area (Å²) in [5.41, 5.74) is 7.51. The molecule has 0 aliphatic carbocycles. The number of hydrogen-bond acceptors (Lipinski definition) is 6. The topological polar surface area (TPSA) is 116 Å². The van der Waals surface area contributed by atoms with Crippen LogP contribution >= 0.6 is 0 Å². The summed E-state index contributed by atoms with van der Waals surface area (Å²) < 4.78 is 6.19. The zero-order valence-corrected chi connectivity index (χ0v) is 17.6. The van der Waals surface area contributed by atoms with Crippen molar-refractivity contribution in [2.75, 3.05) is 24.3 Å². The molecule has 1 spiro atoms. The zero-order chi connectivity index (χ0) is 23.3. The minimum atomic E-state index is -1.61. The molecule has 1 atom stereocenters. The highest BCUT2D eigenvalue weighted by Gasteiger charge is 2.59. The Labute approximate surface area is 189 Å². The number of fused-ring (bicyclic) bond motifs is 2. The fourth-order valence-corrected chi connectivity index (χ4v) is 4.58. The van der Waals surface area contributed by atoms with Crippen LogP contribution in [0, 0.1) is 10.1 Å². The molecule has 1 unspecified atom stereocenters. The molecule has 2 aliphatic heterocycles. The van der Waals surface area contributed by atoms with Crippen molar-refractivity contribution in [3.63, 3.8) is 0 Å². The van der Waals surface area contributed by atoms with Gasteiger partial charge in [0.1, 0.15) is 0 Å². The van der Waals surface area contributed by atoms with Crippen molar-refractivity contribution in [3.8, 4) is 0 Å². The highest BCUT2D eigenvalue weighted by atomic mass is 16.6. The smallest absolute Gasteiger partial charge is 0.269 e. The van der Waals surface area contributed by atoms with Crippen LogP contribution in [0.4, 0.5) is 17.1 Å². The van der Waals surface area contributed by atoms with Gasteiger partial charge in [0.15, 0.2) is 5.78 Å². The summed E-state index contributed by atoms with van der Waals surface area (Å²) in [4.78, 5) is 39.6. The first kappa shape index (κ1) is 20.6. The molecule has 8 heteroatoms. The number of ketones is 1. The fraction of sp³-hybridized carbons (Fsp3) is 0.120. The number of hydrogen-bond donors (Lipinski definition) is 1. The van der Waals surface area contributed by atoms with E-state index in [-0.39, 0.29) is 29.6 Å². The van der Waals surface area contributed by atoms with Crippen LogP contribution in [0.25, 0.3) is 5.57 Å². The fourth-order valence-electron chi connectivity index (χ4n) is 4.58. The van der Waals surface area contributed by atoms with E-state index in [1.54, 1.807) is 61.6 Å². The summed E-state index contributed by atoms with van der Waals surface area (Å²) in [5.74, 6) is -0.750. The van der Waals surface area contributed by atoms with Gasteiger partial charge in [-0.1, -0.05) is 30.3 Å². The summed E-state index contributed by atoms with van der Waals surface area (Å²) in [5, 5.41) is 11.1. The molecule has 2 heterocycles. The molecule has 0 radical (unpaired) electrons. The number of nitro benzene ring substituents is 1. The van der Waals surface area contributed by atoms with Crippen molar-refractivity contribution >= 4 is 34.3 Å². The highest BCUT2D eigenvalue weighted by Crippen LogP contribution is 2.53. The van der Waals surface area contributed by atoms with E-state index >= 15 is 0 Å². The van der Waals surface area contributed by atoms with Gasteiger partial charge in [-0.05, 0) is 41.5 Å². The minimum absolute atomic E-state index is 0.00485. The molecule has 0 aromatic heterocycles. The van der Waals surface area contributed by atoms with Gasteiger partial charge in [-0.15, -0.1) is 0 Å². The second-order valence-electron chi connectivity index (χ2n) is 7.96. The van der Waals surface area contributed by atoms with Gasteiger partial charge in [-0.25, -0.2) is 0 Å². The van der Waals surface area contributed by atoms with Crippen LogP contribution in [0.1, 0.15) is 21.5 Å². The predicted molar refractivity (Wildman–Crippen MR) is 123 cm³/mol. The molecular weight excluding hydrogens is 422 g/mol. The highest BCUT2D eigenvalue weighted by molar-refractivity contribution is 6.23. The number of nitrogens with two attached hydrogens (primary N) is 1. The number of non-ortho nitro benzene ring substituents is 1. The predicted octanol–water partition coefficient (Wildman–Crippen LogP) is 3.72. The normalized spacial score (nSPS) is 19.3. The van der Waals surface area contributed by atoms with Crippen molar-refractivity contribution < 1.29 is 19.2 Å². The summed E-state index contributed by atoms with van der Waals surface area (Å²) in [6.45, 7) is -0.00485. The van der Waals surface area contributed by atoms with Crippen LogP contribution < -0.4 is 10.6 Å². The molecule has 33 heavy (non-hydrogen) atoms. The standard InChI is InChI=1S/C25H19N3O5/c1-27-21-8-3-2-7-20(21)25(24(27)30)22(23(29)16-5-4-6-17(26)13-16)19(14-33-25)15-9-11-18(12-10-15)28(31)32/h2-13H,14,26H2,1H3. The number of anilines is 2. The molecule has 3 aromatic rings. The Balaban J connectivity index is 1.77. The van der Waals surface area contributed by atoms with Gasteiger partial charge in [0.05, 0.1) is 22.8 Å². The number of amides is 1. The van der Waals surface area contributed by atoms with Crippen molar-refractivity contribution in [3.05, 3.63) is 105 Å². The maximum absolute atomic E-state index is 13.9. The average Bonchev–Trinajstić information content (AvgIpc) is 3.32. The van der Waals surface area contributed by atoms with Crippen LogP contribution in [0.2, 0.25) is 0 Å². The first-order valence-corrected chi connectivity index (χ1v) is 10.2. The van der Waals surface area contributed by atoms with Gasteiger partial charge in [0, 0.05) is 36.0 Å². The molecule has 0 bridgehead atoms. The molecule has 2 N–H and O–H groups in total. The Bertz CT molecular complexity index is 1360. The number of nitrogens with zero attached hydrogens (tertiary/aromatic N) is 2. The molecule has 3 aromatic carbocycles. The Morgan fingerprint density at radius 1 is 1.09 bits per heavy atom. The van der Waals surface area contributed by atoms with E-state index < -0.39 is 10.5 Å². The lowest BCUT2D eigenvalue weighted by molar-refractivity contribution is -0.384. The summed E-state index contributed by atoms with van der Waals surface area (Å²) >= 11 is 0. The van der Waals surface area contributed by atoms with E-state index in [2.05, 4.69) is 0 Å². The maximum Gasteiger partial charge on any atom is 0.269 e. The molecule has 164 valence electrons. The van der Waals surface area contributed by atoms with Crippen LogP contribution in [0.5, 0.6) is 0 Å². The Morgan fingerprint density at radius 3 is 2.52 bits per heavy atom. The summed E-state index contributed by atoms with van der Waals surface area (Å²) in [6.07, 6.45) is 0. The number of rotatable bonds is 4. The first-order chi connectivity index (χ1) is 15.8. The SMILES string of the molecule is CN1C(=O)C2(OCC(c3ccc([N+](=O)[O-])cc3)=C2C(=O)c2cccc(N)c2)c2ccccc21. The lowest BCUT2D eigenvalue weighted by Gasteiger charge is -2.25. The van der Waals surface area contributed by atoms with E-state index in [1.807, 2.05) is 6.07 Å². The monoisotopic (exact) mass is 441 g/mol. The summed E-state index contributed by atoms with van der Waals surface area (Å²) in [7, 11) is 1.64. The third-order valence-electron chi connectivity index (χ3n) is 6.14. The Kier molecular flexibility index (Phi) is 4.61. The number of para-hydroxylation sites is 1. The molecule has 0 saturated heterocycles. The molecule has 0 fully saturated rings. The number of nitro groups is 1. The van der Waals surface area contributed by atoms with Crippen LogP contribution in [0.3, 0.4) is 0 Å². The third-order valence-corrected chi connectivity index (χ3v) is 6.14. The third kappa shape index (κ3) is 2.95. The molecule has 2 aliphatic rings. The number of ether oxygens (including phenoxy) is 1. The number of Topliss-reactive ketones (excluding diaryl/α,β-unsaturated/α-hetero) is 1. The van der Waals surface area contributed by atoms with Crippen LogP contribution in [-0.4, -0.2) is 30.3 Å². The van der Waals surface area contributed by atoms with Crippen LogP contribution in [0.15, 0.2) is 78.4 Å². The number of carbonyl (C=O) groups excluding carboxylic acids is 2. The number of nitrogen functional groups attached to an aromatic ring is 1. The zero-order valence-electron chi connectivity index (χ0n) is 17.6. The first-order valence-electron chi connectivity index (χ1n) is 10.2. The minimum Gasteiger partial charge on any atom is -0.399 e. The molecule has 1 amide bonds. The Morgan fingerprint density at radius 2 is 1.82 bits per heavy atom. The Hall–Kier alpha value is -4.30. The van der Waals surface area contributed by atoms with Crippen molar-refractivity contribution in [2.24, 2.45) is 0 Å². The molecule has 8 nitrogen and oxygen atoms in total. The van der Waals surface area contributed by atoms with Crippen molar-refractivity contribution in [1.82, 2.24) is 0 Å². The number of likely N-dealkylation sites (N-methyl/N-ethyl adjacent to an activating group) is 1. The van der Waals surface area contributed by atoms with Crippen molar-refractivity contribution in [2.45, 2.75) is 5.60 Å². The van der Waals surface area contributed by atoms with E-state index in [9.17, 15) is 19.7 Å². The molecule has 0 saturated carbocycles.